The number of hydrogen-bond acceptors (Lipinski definition) is 7. The summed E-state index contributed by atoms with van der Waals surface area (Å²) >= 11 is 0. The Morgan fingerprint density at radius 1 is 1.23 bits per heavy atom. The summed E-state index contributed by atoms with van der Waals surface area (Å²) in [7, 11) is -3.62. The molecule has 1 aromatic carbocycles. The second-order valence-corrected chi connectivity index (χ2v) is 15.7. The number of carbonyl (C=O) groups is 3. The number of ether oxygens (including phenoxy) is 2. The van der Waals surface area contributed by atoms with Crippen LogP contribution in [0.3, 0.4) is 0 Å². The van der Waals surface area contributed by atoms with E-state index in [9.17, 15) is 22.8 Å². The van der Waals surface area contributed by atoms with Crippen molar-refractivity contribution in [3.63, 3.8) is 0 Å². The number of allylic oxidation sites excluding steroid dienone is 1. The zero-order valence-electron chi connectivity index (χ0n) is 25.2. The average Bonchev–Trinajstić information content (AvgIpc) is 3.88. The van der Waals surface area contributed by atoms with Crippen molar-refractivity contribution in [2.75, 3.05) is 13.2 Å². The summed E-state index contributed by atoms with van der Waals surface area (Å²) in [6.45, 7) is 9.86. The molecule has 0 aromatic heterocycles. The lowest BCUT2D eigenvalue weighted by Crippen LogP contribution is -2.59. The van der Waals surface area contributed by atoms with E-state index in [4.69, 9.17) is 9.47 Å². The summed E-state index contributed by atoms with van der Waals surface area (Å²) in [4.78, 5) is 40.9. The molecular formula is C32H43N3O7S. The van der Waals surface area contributed by atoms with Crippen molar-refractivity contribution in [3.05, 3.63) is 54.1 Å². The first-order valence-corrected chi connectivity index (χ1v) is 16.7. The van der Waals surface area contributed by atoms with E-state index in [1.54, 1.807) is 6.08 Å². The van der Waals surface area contributed by atoms with Gasteiger partial charge in [0, 0.05) is 18.9 Å². The Bertz CT molecular complexity index is 1400. The van der Waals surface area contributed by atoms with E-state index < -0.39 is 61.5 Å². The largest absolute Gasteiger partial charge is 0.450 e. The molecule has 4 bridgehead atoms. The van der Waals surface area contributed by atoms with Gasteiger partial charge < -0.3 is 25.0 Å². The first-order valence-electron chi connectivity index (χ1n) is 15.1. The fourth-order valence-corrected chi connectivity index (χ4v) is 8.55. The minimum absolute atomic E-state index is 0.118. The summed E-state index contributed by atoms with van der Waals surface area (Å²) in [5, 5.41) is 5.12. The van der Waals surface area contributed by atoms with E-state index in [0.717, 1.165) is 11.1 Å². The van der Waals surface area contributed by atoms with Crippen molar-refractivity contribution >= 4 is 33.8 Å². The summed E-state index contributed by atoms with van der Waals surface area (Å²) in [5.74, 6) is -1.37. The molecule has 11 heteroatoms. The minimum atomic E-state index is -3.62. The van der Waals surface area contributed by atoms with Crippen molar-refractivity contribution in [3.8, 4) is 0 Å². The lowest BCUT2D eigenvalue weighted by atomic mass is 9.85. The monoisotopic (exact) mass is 613 g/mol. The molecule has 2 saturated carbocycles. The number of carbonyl (C=O) groups excluding carboxylic acids is 3. The third-order valence-corrected chi connectivity index (χ3v) is 11.7. The lowest BCUT2D eigenvalue weighted by Gasteiger charge is -2.35. The van der Waals surface area contributed by atoms with Crippen LogP contribution in [0.1, 0.15) is 70.4 Å². The molecule has 2 N–H and O–H groups in total. The highest BCUT2D eigenvalue weighted by molar-refractivity contribution is 7.94. The number of sulfone groups is 1. The van der Waals surface area contributed by atoms with Gasteiger partial charge in [0.15, 0.2) is 9.84 Å². The van der Waals surface area contributed by atoms with Crippen LogP contribution >= 0.6 is 0 Å². The number of nitrogens with one attached hydrogen (secondary N) is 2. The predicted octanol–water partition coefficient (Wildman–Crippen LogP) is 3.72. The molecule has 1 saturated heterocycles. The quantitative estimate of drug-likeness (QED) is 0.484. The number of amides is 3. The Balaban J connectivity index is 1.43. The van der Waals surface area contributed by atoms with E-state index in [1.807, 2.05) is 57.2 Å². The molecule has 2 aliphatic carbocycles. The molecule has 5 rings (SSSR count). The molecular weight excluding hydrogens is 570 g/mol. The van der Waals surface area contributed by atoms with Gasteiger partial charge in [0.05, 0.1) is 24.6 Å². The smallest absolute Gasteiger partial charge is 0.407 e. The Kier molecular flexibility index (Phi) is 8.77. The van der Waals surface area contributed by atoms with Crippen LogP contribution in [0.4, 0.5) is 4.79 Å². The molecule has 0 spiro atoms. The van der Waals surface area contributed by atoms with Gasteiger partial charge >= 0.3 is 6.09 Å². The van der Waals surface area contributed by atoms with E-state index in [1.165, 1.54) is 4.90 Å². The first-order chi connectivity index (χ1) is 20.4. The SMILES string of the molecule is C=C[C@@H]1C[C@]1(NC(=O)[C@@H]1C[C@@H]2CN1C(=O)[C@H](C(C)(C)C)NC(=O)OCCC/C=C/c1cccc(c1)CO2)S(=O)(=O)C1CC1. The maximum atomic E-state index is 14.1. The van der Waals surface area contributed by atoms with Crippen LogP contribution in [0.2, 0.25) is 0 Å². The van der Waals surface area contributed by atoms with Crippen LogP contribution in [-0.4, -0.2) is 72.7 Å². The fourth-order valence-electron chi connectivity index (χ4n) is 6.02. The van der Waals surface area contributed by atoms with Crippen molar-refractivity contribution in [2.24, 2.45) is 11.3 Å². The van der Waals surface area contributed by atoms with Crippen LogP contribution in [0, 0.1) is 11.3 Å². The third kappa shape index (κ3) is 6.67. The molecule has 1 aromatic rings. The average molecular weight is 614 g/mol. The molecule has 2 aliphatic heterocycles. The highest BCUT2D eigenvalue weighted by Crippen LogP contribution is 2.53. The molecule has 2 heterocycles. The van der Waals surface area contributed by atoms with E-state index in [2.05, 4.69) is 17.2 Å². The van der Waals surface area contributed by atoms with Crippen LogP contribution in [0.25, 0.3) is 6.08 Å². The molecule has 3 fully saturated rings. The lowest BCUT2D eigenvalue weighted by molar-refractivity contribution is -0.142. The van der Waals surface area contributed by atoms with Crippen LogP contribution in [0.15, 0.2) is 43.0 Å². The summed E-state index contributed by atoms with van der Waals surface area (Å²) in [6, 6.07) is 5.96. The van der Waals surface area contributed by atoms with Gasteiger partial charge in [-0.15, -0.1) is 6.58 Å². The highest BCUT2D eigenvalue weighted by atomic mass is 32.2. The maximum absolute atomic E-state index is 14.1. The van der Waals surface area contributed by atoms with Crippen LogP contribution in [0.5, 0.6) is 0 Å². The van der Waals surface area contributed by atoms with Crippen molar-refractivity contribution < 1.29 is 32.3 Å². The molecule has 0 radical (unpaired) electrons. The van der Waals surface area contributed by atoms with Gasteiger partial charge in [-0.25, -0.2) is 13.2 Å². The number of nitrogens with zero attached hydrogens (tertiary/aromatic N) is 1. The summed E-state index contributed by atoms with van der Waals surface area (Å²) in [5.41, 5.74) is 1.26. The van der Waals surface area contributed by atoms with Gasteiger partial charge in [-0.05, 0) is 54.7 Å². The van der Waals surface area contributed by atoms with Gasteiger partial charge in [-0.3, -0.25) is 9.59 Å². The zero-order valence-corrected chi connectivity index (χ0v) is 26.0. The van der Waals surface area contributed by atoms with E-state index in [-0.39, 0.29) is 38.5 Å². The number of benzene rings is 1. The Morgan fingerprint density at radius 3 is 2.67 bits per heavy atom. The predicted molar refractivity (Wildman–Crippen MR) is 162 cm³/mol. The van der Waals surface area contributed by atoms with Gasteiger partial charge in [0.1, 0.15) is 17.0 Å². The van der Waals surface area contributed by atoms with E-state index in [0.29, 0.717) is 25.7 Å². The van der Waals surface area contributed by atoms with Gasteiger partial charge in [0.25, 0.3) is 0 Å². The minimum Gasteiger partial charge on any atom is -0.450 e. The van der Waals surface area contributed by atoms with Gasteiger partial charge in [-0.2, -0.15) is 0 Å². The molecule has 3 amide bonds. The molecule has 4 aliphatic rings. The summed E-state index contributed by atoms with van der Waals surface area (Å²) < 4.78 is 38.4. The van der Waals surface area contributed by atoms with Gasteiger partial charge in [0.2, 0.25) is 11.8 Å². The number of hydrogen-bond donors (Lipinski definition) is 2. The van der Waals surface area contributed by atoms with Crippen molar-refractivity contribution in [1.29, 1.82) is 0 Å². The normalized spacial score (nSPS) is 31.2. The Labute approximate surface area is 254 Å². The maximum Gasteiger partial charge on any atom is 0.407 e. The fraction of sp³-hybridized carbons (Fsp3) is 0.594. The molecule has 43 heavy (non-hydrogen) atoms. The standard InChI is InChI=1S/C32H43N3O7S/c1-5-23-18-32(23,43(39,40)25-13-14-25)34-28(36)26-17-24-19-35(26)29(37)27(31(2,3)4)33-30(38)41-15-8-6-7-10-21-11-9-12-22(16-21)20-42-24/h5,7,9-12,16,23-27H,1,6,8,13-15,17-20H2,2-4H3,(H,33,38)(H,34,36)/b10-7+/t23-,24-,26+,27-,32+/m1/s1. The zero-order chi connectivity index (χ0) is 31.0. The topological polar surface area (TPSA) is 131 Å². The highest BCUT2D eigenvalue weighted by Gasteiger charge is 2.67. The number of cyclic esters (lactones) is 1. The Hall–Kier alpha value is -3.18. The van der Waals surface area contributed by atoms with E-state index >= 15 is 0 Å². The second-order valence-electron chi connectivity index (χ2n) is 13.2. The van der Waals surface area contributed by atoms with Crippen molar-refractivity contribution in [2.45, 2.75) is 94.2 Å². The van der Waals surface area contributed by atoms with Gasteiger partial charge in [-0.1, -0.05) is 57.2 Å². The second kappa shape index (κ2) is 12.1. The number of rotatable bonds is 5. The number of alkyl carbamates (subject to hydrolysis) is 1. The number of fused-ring (bicyclic) bond motifs is 4. The first kappa shape index (κ1) is 31.3. The van der Waals surface area contributed by atoms with Crippen LogP contribution < -0.4 is 10.6 Å². The molecule has 5 atom stereocenters. The molecule has 234 valence electrons. The Morgan fingerprint density at radius 2 is 2.00 bits per heavy atom. The van der Waals surface area contributed by atoms with Crippen LogP contribution in [-0.2, 0) is 35.5 Å². The third-order valence-electron chi connectivity index (χ3n) is 8.77. The molecule has 0 unspecified atom stereocenters. The summed E-state index contributed by atoms with van der Waals surface area (Å²) in [6.07, 6.45) is 7.39. The van der Waals surface area contributed by atoms with Crippen molar-refractivity contribution in [1.82, 2.24) is 15.5 Å². The molecule has 10 nitrogen and oxygen atoms in total.